The summed E-state index contributed by atoms with van der Waals surface area (Å²) in [6.07, 6.45) is 0.309. The molecular formula is C19H22ClF3N4O2S. The maximum atomic E-state index is 12.9. The Labute approximate surface area is 178 Å². The lowest BCUT2D eigenvalue weighted by Crippen LogP contribution is -2.44. The summed E-state index contributed by atoms with van der Waals surface area (Å²) in [4.78, 5) is 6.12. The molecule has 0 bridgehead atoms. The average molecular weight is 463 g/mol. The quantitative estimate of drug-likeness (QED) is 0.699. The first-order chi connectivity index (χ1) is 14.1. The minimum Gasteiger partial charge on any atom is -0.339 e. The fraction of sp³-hybridized carbons (Fsp3) is 0.526. The number of alkyl halides is 3. The lowest BCUT2D eigenvalue weighted by atomic mass is 9.91. The third-order valence-electron chi connectivity index (χ3n) is 5.90. The zero-order valence-corrected chi connectivity index (χ0v) is 17.9. The fourth-order valence-corrected chi connectivity index (χ4v) is 6.07. The Hall–Kier alpha value is -1.62. The highest BCUT2D eigenvalue weighted by molar-refractivity contribution is 7.89. The number of hydrogen-bond acceptors (Lipinski definition) is 4. The number of piperidine rings is 1. The number of aromatic nitrogens is 2. The predicted octanol–water partition coefficient (Wildman–Crippen LogP) is 3.38. The summed E-state index contributed by atoms with van der Waals surface area (Å²) in [5.41, 5.74) is -0.169. The first kappa shape index (κ1) is 21.6. The van der Waals surface area contributed by atoms with Gasteiger partial charge < -0.3 is 4.57 Å². The van der Waals surface area contributed by atoms with Crippen molar-refractivity contribution in [2.24, 2.45) is 13.0 Å². The Balaban J connectivity index is 1.52. The van der Waals surface area contributed by atoms with Crippen LogP contribution >= 0.6 is 11.6 Å². The normalized spacial score (nSPS) is 23.6. The molecule has 1 aromatic heterocycles. The molecule has 6 nitrogen and oxygen atoms in total. The van der Waals surface area contributed by atoms with Gasteiger partial charge in [0.1, 0.15) is 0 Å². The van der Waals surface area contributed by atoms with Gasteiger partial charge in [0.25, 0.3) is 10.0 Å². The molecule has 2 saturated heterocycles. The van der Waals surface area contributed by atoms with Gasteiger partial charge in [-0.3, -0.25) is 4.90 Å². The Morgan fingerprint density at radius 1 is 1.27 bits per heavy atom. The van der Waals surface area contributed by atoms with E-state index in [1.165, 1.54) is 22.9 Å². The minimum absolute atomic E-state index is 0.00408. The van der Waals surface area contributed by atoms with E-state index in [0.717, 1.165) is 31.5 Å². The Kier molecular flexibility index (Phi) is 5.63. The smallest absolute Gasteiger partial charge is 0.339 e. The van der Waals surface area contributed by atoms with Crippen LogP contribution in [0.2, 0.25) is 5.02 Å². The van der Waals surface area contributed by atoms with Crippen LogP contribution in [0, 0.1) is 5.92 Å². The van der Waals surface area contributed by atoms with E-state index < -0.39 is 21.8 Å². The molecule has 30 heavy (non-hydrogen) atoms. The van der Waals surface area contributed by atoms with Crippen molar-refractivity contribution in [2.45, 2.75) is 36.6 Å². The zero-order chi connectivity index (χ0) is 21.7. The number of halogens is 4. The van der Waals surface area contributed by atoms with Crippen molar-refractivity contribution in [3.63, 3.8) is 0 Å². The van der Waals surface area contributed by atoms with Crippen molar-refractivity contribution in [1.29, 1.82) is 0 Å². The van der Waals surface area contributed by atoms with Crippen LogP contribution in [0.4, 0.5) is 13.2 Å². The number of fused-ring (bicyclic) bond motifs is 1. The van der Waals surface area contributed by atoms with Gasteiger partial charge in [0.2, 0.25) is 0 Å². The van der Waals surface area contributed by atoms with Crippen molar-refractivity contribution in [1.82, 2.24) is 18.8 Å². The molecule has 0 spiro atoms. The summed E-state index contributed by atoms with van der Waals surface area (Å²) in [5, 5.41) is 0.101. The second kappa shape index (κ2) is 7.81. The SMILES string of the molecule is Cn1cnc(S(=O)(=O)N2CC3CCCN(Cc4ccc(C(F)(F)F)cc4Cl)C3C2)c1. The molecule has 2 aliphatic rings. The van der Waals surface area contributed by atoms with Crippen LogP contribution < -0.4 is 0 Å². The molecule has 0 radical (unpaired) electrons. The fourth-order valence-electron chi connectivity index (χ4n) is 4.35. The van der Waals surface area contributed by atoms with Crippen molar-refractivity contribution in [3.05, 3.63) is 46.9 Å². The standard InChI is InChI=1S/C19H22ClF3N4O2S/c1-25-11-18(24-12-25)30(28,29)27-9-14-3-2-6-26(17(14)10-27)8-13-4-5-15(7-16(13)20)19(21,22)23/h4-5,7,11-12,14,17H,2-3,6,8-10H2,1H3. The number of hydrogen-bond donors (Lipinski definition) is 0. The van der Waals surface area contributed by atoms with Gasteiger partial charge in [0.05, 0.1) is 11.9 Å². The summed E-state index contributed by atoms with van der Waals surface area (Å²) in [6.45, 7) is 1.88. The van der Waals surface area contributed by atoms with Crippen LogP contribution in [0.25, 0.3) is 0 Å². The van der Waals surface area contributed by atoms with Gasteiger partial charge in [-0.1, -0.05) is 17.7 Å². The summed E-state index contributed by atoms with van der Waals surface area (Å²) in [5.74, 6) is 0.172. The van der Waals surface area contributed by atoms with Gasteiger partial charge in [0.15, 0.2) is 5.03 Å². The van der Waals surface area contributed by atoms with Crippen LogP contribution in [0.15, 0.2) is 35.7 Å². The van der Waals surface area contributed by atoms with E-state index in [4.69, 9.17) is 11.6 Å². The molecule has 1 aromatic carbocycles. The summed E-state index contributed by atoms with van der Waals surface area (Å²) >= 11 is 6.14. The third kappa shape index (κ3) is 4.10. The van der Waals surface area contributed by atoms with Gasteiger partial charge in [-0.2, -0.15) is 17.5 Å². The number of likely N-dealkylation sites (tertiary alicyclic amines) is 1. The molecule has 2 aromatic rings. The number of benzene rings is 1. The van der Waals surface area contributed by atoms with Crippen LogP contribution in [0.5, 0.6) is 0 Å². The number of rotatable bonds is 4. The number of imidazole rings is 1. The maximum absolute atomic E-state index is 12.9. The van der Waals surface area contributed by atoms with E-state index in [9.17, 15) is 21.6 Å². The van der Waals surface area contributed by atoms with Crippen LogP contribution in [0.3, 0.4) is 0 Å². The molecule has 3 heterocycles. The van der Waals surface area contributed by atoms with Crippen molar-refractivity contribution in [2.75, 3.05) is 19.6 Å². The van der Waals surface area contributed by atoms with Crippen LogP contribution in [-0.4, -0.2) is 52.9 Å². The van der Waals surface area contributed by atoms with E-state index in [1.54, 1.807) is 11.6 Å². The van der Waals surface area contributed by atoms with E-state index in [1.807, 2.05) is 0 Å². The first-order valence-corrected chi connectivity index (χ1v) is 11.5. The van der Waals surface area contributed by atoms with Gasteiger partial charge in [-0.15, -0.1) is 0 Å². The first-order valence-electron chi connectivity index (χ1n) is 9.63. The Bertz CT molecular complexity index is 1040. The predicted molar refractivity (Wildman–Crippen MR) is 105 cm³/mol. The molecular weight excluding hydrogens is 441 g/mol. The molecule has 0 amide bonds. The van der Waals surface area contributed by atoms with Crippen molar-refractivity contribution < 1.29 is 21.6 Å². The summed E-state index contributed by atoms with van der Waals surface area (Å²) in [7, 11) is -1.97. The Morgan fingerprint density at radius 3 is 2.67 bits per heavy atom. The van der Waals surface area contributed by atoms with E-state index in [0.29, 0.717) is 25.2 Å². The van der Waals surface area contributed by atoms with Gasteiger partial charge in [-0.05, 0) is 43.0 Å². The van der Waals surface area contributed by atoms with Gasteiger partial charge in [-0.25, -0.2) is 13.4 Å². The minimum atomic E-state index is -4.44. The monoisotopic (exact) mass is 462 g/mol. The topological polar surface area (TPSA) is 58.4 Å². The summed E-state index contributed by atoms with van der Waals surface area (Å²) < 4.78 is 67.6. The van der Waals surface area contributed by atoms with Crippen LogP contribution in [0.1, 0.15) is 24.0 Å². The molecule has 2 unspecified atom stereocenters. The molecule has 4 rings (SSSR count). The second-order valence-corrected chi connectivity index (χ2v) is 10.2. The van der Waals surface area contributed by atoms with E-state index >= 15 is 0 Å². The highest BCUT2D eigenvalue weighted by atomic mass is 35.5. The third-order valence-corrected chi connectivity index (χ3v) is 7.97. The van der Waals surface area contributed by atoms with Gasteiger partial charge in [0, 0.05) is 43.9 Å². The molecule has 0 aliphatic carbocycles. The van der Waals surface area contributed by atoms with Gasteiger partial charge >= 0.3 is 6.18 Å². The van der Waals surface area contributed by atoms with E-state index in [2.05, 4.69) is 9.88 Å². The highest BCUT2D eigenvalue weighted by Gasteiger charge is 2.44. The molecule has 0 saturated carbocycles. The van der Waals surface area contributed by atoms with Crippen molar-refractivity contribution >= 4 is 21.6 Å². The maximum Gasteiger partial charge on any atom is 0.416 e. The molecule has 11 heteroatoms. The van der Waals surface area contributed by atoms with E-state index in [-0.39, 0.29) is 22.0 Å². The largest absolute Gasteiger partial charge is 0.416 e. The number of nitrogens with zero attached hydrogens (tertiary/aromatic N) is 4. The number of sulfonamides is 1. The molecule has 2 aliphatic heterocycles. The summed E-state index contributed by atoms with van der Waals surface area (Å²) in [6, 6.07) is 3.39. The lowest BCUT2D eigenvalue weighted by molar-refractivity contribution is -0.137. The Morgan fingerprint density at radius 2 is 2.03 bits per heavy atom. The highest BCUT2D eigenvalue weighted by Crippen LogP contribution is 2.36. The number of aryl methyl sites for hydroxylation is 1. The molecule has 2 fully saturated rings. The average Bonchev–Trinajstić information content (AvgIpc) is 3.30. The zero-order valence-electron chi connectivity index (χ0n) is 16.3. The second-order valence-electron chi connectivity index (χ2n) is 7.94. The molecule has 0 N–H and O–H groups in total. The molecule has 2 atom stereocenters. The lowest BCUT2D eigenvalue weighted by Gasteiger charge is -2.37. The molecule has 164 valence electrons. The van der Waals surface area contributed by atoms with Crippen LogP contribution in [-0.2, 0) is 29.8 Å². The van der Waals surface area contributed by atoms with Crippen molar-refractivity contribution in [3.8, 4) is 0 Å².